The van der Waals surface area contributed by atoms with Crippen molar-refractivity contribution < 1.29 is 9.53 Å². The monoisotopic (exact) mass is 393 g/mol. The van der Waals surface area contributed by atoms with E-state index < -0.39 is 0 Å². The number of benzene rings is 2. The molecule has 2 rings (SSSR count). The van der Waals surface area contributed by atoms with Gasteiger partial charge in [0.1, 0.15) is 5.75 Å². The molecule has 0 heterocycles. The number of nitrogens with zero attached hydrogens (tertiary/aromatic N) is 2. The van der Waals surface area contributed by atoms with E-state index in [0.29, 0.717) is 15.8 Å². The summed E-state index contributed by atoms with van der Waals surface area (Å²) >= 11 is 11.8. The molecule has 2 aromatic rings. The summed E-state index contributed by atoms with van der Waals surface area (Å²) in [5.41, 5.74) is 4.47. The van der Waals surface area contributed by atoms with E-state index in [9.17, 15) is 4.79 Å². The van der Waals surface area contributed by atoms with Crippen LogP contribution in [0.1, 0.15) is 19.4 Å². The van der Waals surface area contributed by atoms with Crippen LogP contribution in [0.4, 0.5) is 5.69 Å². The van der Waals surface area contributed by atoms with Crippen LogP contribution in [0.15, 0.2) is 47.6 Å². The lowest BCUT2D eigenvalue weighted by Gasteiger charge is -2.20. The number of hydrogen-bond donors (Lipinski definition) is 1. The molecule has 0 unspecified atom stereocenters. The van der Waals surface area contributed by atoms with Crippen LogP contribution < -0.4 is 15.1 Å². The van der Waals surface area contributed by atoms with Crippen molar-refractivity contribution in [1.82, 2.24) is 5.43 Å². The zero-order valence-corrected chi connectivity index (χ0v) is 16.2. The van der Waals surface area contributed by atoms with Crippen molar-refractivity contribution in [2.75, 3.05) is 24.6 Å². The predicted molar refractivity (Wildman–Crippen MR) is 108 cm³/mol. The number of amides is 1. The average molecular weight is 394 g/mol. The molecule has 26 heavy (non-hydrogen) atoms. The fourth-order valence-electron chi connectivity index (χ4n) is 2.31. The van der Waals surface area contributed by atoms with E-state index in [1.54, 1.807) is 24.4 Å². The number of carbonyl (C=O) groups is 1. The summed E-state index contributed by atoms with van der Waals surface area (Å²) in [7, 11) is 0. The second-order valence-corrected chi connectivity index (χ2v) is 6.26. The third kappa shape index (κ3) is 5.93. The van der Waals surface area contributed by atoms with E-state index in [2.05, 4.69) is 29.3 Å². The Bertz CT molecular complexity index is 760. The van der Waals surface area contributed by atoms with Crippen molar-refractivity contribution in [2.45, 2.75) is 13.8 Å². The number of nitrogens with one attached hydrogen (secondary N) is 1. The van der Waals surface area contributed by atoms with Gasteiger partial charge in [0.2, 0.25) is 0 Å². The highest BCUT2D eigenvalue weighted by atomic mass is 35.5. The molecule has 0 saturated heterocycles. The Morgan fingerprint density at radius 2 is 1.85 bits per heavy atom. The minimum Gasteiger partial charge on any atom is -0.482 e. The molecule has 5 nitrogen and oxygen atoms in total. The Morgan fingerprint density at radius 3 is 2.46 bits per heavy atom. The van der Waals surface area contributed by atoms with Crippen LogP contribution in [0.25, 0.3) is 0 Å². The van der Waals surface area contributed by atoms with Gasteiger partial charge in [-0.05, 0) is 49.7 Å². The maximum Gasteiger partial charge on any atom is 0.277 e. The highest BCUT2D eigenvalue weighted by Gasteiger charge is 2.06. The van der Waals surface area contributed by atoms with Crippen molar-refractivity contribution in [3.8, 4) is 5.75 Å². The number of hydrazone groups is 1. The summed E-state index contributed by atoms with van der Waals surface area (Å²) in [6, 6.07) is 12.8. The lowest BCUT2D eigenvalue weighted by Crippen LogP contribution is -2.24. The van der Waals surface area contributed by atoms with E-state index in [-0.39, 0.29) is 12.5 Å². The van der Waals surface area contributed by atoms with Gasteiger partial charge in [0, 0.05) is 23.8 Å². The minimum absolute atomic E-state index is 0.195. The summed E-state index contributed by atoms with van der Waals surface area (Å²) in [5, 5.41) is 4.79. The van der Waals surface area contributed by atoms with Gasteiger partial charge in [0.25, 0.3) is 5.91 Å². The molecule has 0 spiro atoms. The first-order valence-corrected chi connectivity index (χ1v) is 9.03. The third-order valence-electron chi connectivity index (χ3n) is 3.68. The molecule has 2 aromatic carbocycles. The topological polar surface area (TPSA) is 53.9 Å². The summed E-state index contributed by atoms with van der Waals surface area (Å²) in [6.45, 7) is 5.95. The first-order valence-electron chi connectivity index (χ1n) is 8.28. The highest BCUT2D eigenvalue weighted by molar-refractivity contribution is 6.35. The van der Waals surface area contributed by atoms with Gasteiger partial charge in [-0.15, -0.1) is 0 Å². The Morgan fingerprint density at radius 1 is 1.15 bits per heavy atom. The lowest BCUT2D eigenvalue weighted by atomic mass is 10.2. The molecular weight excluding hydrogens is 373 g/mol. The van der Waals surface area contributed by atoms with Crippen molar-refractivity contribution in [1.29, 1.82) is 0 Å². The zero-order valence-electron chi connectivity index (χ0n) is 14.7. The molecule has 0 aliphatic heterocycles. The lowest BCUT2D eigenvalue weighted by molar-refractivity contribution is -0.123. The van der Waals surface area contributed by atoms with Crippen molar-refractivity contribution in [3.63, 3.8) is 0 Å². The molecule has 1 N–H and O–H groups in total. The smallest absolute Gasteiger partial charge is 0.277 e. The predicted octanol–water partition coefficient (Wildman–Crippen LogP) is 4.37. The molecule has 138 valence electrons. The first kappa shape index (κ1) is 20.1. The fraction of sp³-hybridized carbons (Fsp3) is 0.263. The van der Waals surface area contributed by atoms with Crippen LogP contribution >= 0.6 is 23.2 Å². The average Bonchev–Trinajstić information content (AvgIpc) is 2.63. The van der Waals surface area contributed by atoms with Crippen LogP contribution in [-0.2, 0) is 4.79 Å². The van der Waals surface area contributed by atoms with Gasteiger partial charge >= 0.3 is 0 Å². The van der Waals surface area contributed by atoms with Crippen LogP contribution in [0.2, 0.25) is 10.0 Å². The van der Waals surface area contributed by atoms with Gasteiger partial charge in [-0.3, -0.25) is 4.79 Å². The Kier molecular flexibility index (Phi) is 7.75. The van der Waals surface area contributed by atoms with E-state index in [0.717, 1.165) is 24.3 Å². The van der Waals surface area contributed by atoms with Gasteiger partial charge < -0.3 is 9.64 Å². The van der Waals surface area contributed by atoms with Gasteiger partial charge in [0.15, 0.2) is 6.61 Å². The Labute approximate surface area is 163 Å². The molecule has 0 aliphatic rings. The molecule has 0 aliphatic carbocycles. The highest BCUT2D eigenvalue weighted by Crippen LogP contribution is 2.27. The molecule has 7 heteroatoms. The van der Waals surface area contributed by atoms with E-state index in [1.807, 2.05) is 24.3 Å². The van der Waals surface area contributed by atoms with Crippen LogP contribution in [-0.4, -0.2) is 31.8 Å². The normalized spacial score (nSPS) is 10.8. The summed E-state index contributed by atoms with van der Waals surface area (Å²) < 4.78 is 5.34. The third-order valence-corrected chi connectivity index (χ3v) is 4.21. The zero-order chi connectivity index (χ0) is 18.9. The largest absolute Gasteiger partial charge is 0.482 e. The summed E-state index contributed by atoms with van der Waals surface area (Å²) in [6.07, 6.45) is 1.58. The second kappa shape index (κ2) is 10.0. The fourth-order valence-corrected chi connectivity index (χ4v) is 2.77. The standard InChI is InChI=1S/C19H21Cl2N3O2/c1-3-24(4-2)16-8-5-14(6-9-16)12-22-23-19(25)13-26-18-10-7-15(20)11-17(18)21/h5-12H,3-4,13H2,1-2H3,(H,23,25)/b22-12-. The molecular formula is C19H21Cl2N3O2. The summed E-state index contributed by atoms with van der Waals surface area (Å²) in [5.74, 6) is 0.00853. The summed E-state index contributed by atoms with van der Waals surface area (Å²) in [4.78, 5) is 14.0. The van der Waals surface area contributed by atoms with Crippen LogP contribution in [0.3, 0.4) is 0 Å². The van der Waals surface area contributed by atoms with Gasteiger partial charge in [-0.25, -0.2) is 5.43 Å². The van der Waals surface area contributed by atoms with Gasteiger partial charge in [-0.1, -0.05) is 35.3 Å². The first-order chi connectivity index (χ1) is 12.5. The van der Waals surface area contributed by atoms with E-state index in [1.165, 1.54) is 0 Å². The quantitative estimate of drug-likeness (QED) is 0.535. The minimum atomic E-state index is -0.382. The second-order valence-electron chi connectivity index (χ2n) is 5.42. The van der Waals surface area contributed by atoms with Crippen LogP contribution in [0.5, 0.6) is 5.75 Å². The maximum atomic E-state index is 11.8. The maximum absolute atomic E-state index is 11.8. The molecule has 0 bridgehead atoms. The van der Waals surface area contributed by atoms with Crippen LogP contribution in [0, 0.1) is 0 Å². The number of carbonyl (C=O) groups excluding carboxylic acids is 1. The van der Waals surface area contributed by atoms with Crippen molar-refractivity contribution in [2.24, 2.45) is 5.10 Å². The van der Waals surface area contributed by atoms with Gasteiger partial charge in [-0.2, -0.15) is 5.10 Å². The molecule has 0 atom stereocenters. The molecule has 1 amide bonds. The molecule has 0 aromatic heterocycles. The Balaban J connectivity index is 1.83. The van der Waals surface area contributed by atoms with E-state index >= 15 is 0 Å². The number of ether oxygens (including phenoxy) is 1. The number of hydrogen-bond acceptors (Lipinski definition) is 4. The molecule has 0 radical (unpaired) electrons. The molecule has 0 saturated carbocycles. The number of anilines is 1. The van der Waals surface area contributed by atoms with E-state index in [4.69, 9.17) is 27.9 Å². The Hall–Kier alpha value is -2.24. The number of halogens is 2. The van der Waals surface area contributed by atoms with Crippen molar-refractivity contribution in [3.05, 3.63) is 58.1 Å². The SMILES string of the molecule is CCN(CC)c1ccc(/C=N\NC(=O)COc2ccc(Cl)cc2Cl)cc1. The number of rotatable bonds is 8. The van der Waals surface area contributed by atoms with Gasteiger partial charge in [0.05, 0.1) is 11.2 Å². The van der Waals surface area contributed by atoms with Crippen molar-refractivity contribution >= 4 is 41.0 Å². The molecule has 0 fully saturated rings.